The molecule has 0 aliphatic carbocycles. The zero-order valence-corrected chi connectivity index (χ0v) is 22.4. The smallest absolute Gasteiger partial charge is 0.326 e. The van der Waals surface area contributed by atoms with E-state index in [2.05, 4.69) is 10.3 Å². The van der Waals surface area contributed by atoms with Crippen molar-refractivity contribution in [2.45, 2.75) is 31.9 Å². The summed E-state index contributed by atoms with van der Waals surface area (Å²) in [5.74, 6) is -3.23. The molecule has 11 heteroatoms. The van der Waals surface area contributed by atoms with Gasteiger partial charge in [-0.3, -0.25) is 14.4 Å². The summed E-state index contributed by atoms with van der Waals surface area (Å²) in [6.45, 7) is -0.465. The lowest BCUT2D eigenvalue weighted by Gasteiger charge is -2.15. The minimum atomic E-state index is -1.63. The number of aliphatic hydroxyl groups excluding tert-OH is 1. The second-order valence-electron chi connectivity index (χ2n) is 9.08. The van der Waals surface area contributed by atoms with E-state index in [1.165, 1.54) is 18.2 Å². The number of carboxylic acids is 1. The number of halogens is 2. The number of aliphatic hydroxyl groups is 1. The van der Waals surface area contributed by atoms with E-state index in [1.54, 1.807) is 42.5 Å². The number of amides is 1. The number of rotatable bonds is 11. The Morgan fingerprint density at radius 2 is 1.62 bits per heavy atom. The number of benzene rings is 3. The Balaban J connectivity index is 1.48. The number of Topliss-reactive ketones (excluding diaryl/α,β-unsaturated/α-hetero) is 2. The third kappa shape index (κ3) is 6.34. The van der Waals surface area contributed by atoms with Crippen LogP contribution in [0.5, 0.6) is 5.75 Å². The summed E-state index contributed by atoms with van der Waals surface area (Å²) in [4.78, 5) is 53.5. The molecule has 5 N–H and O–H groups in total. The van der Waals surface area contributed by atoms with Crippen molar-refractivity contribution >= 4 is 57.5 Å². The number of phenolic OH excluding ortho intramolecular Hbond substituents is 1. The van der Waals surface area contributed by atoms with E-state index >= 15 is 0 Å². The molecule has 0 bridgehead atoms. The number of ketones is 2. The molecule has 0 aliphatic heterocycles. The third-order valence-corrected chi connectivity index (χ3v) is 6.98. The number of para-hydroxylation sites is 1. The van der Waals surface area contributed by atoms with E-state index in [0.29, 0.717) is 22.9 Å². The quantitative estimate of drug-likeness (QED) is 0.157. The van der Waals surface area contributed by atoms with Gasteiger partial charge in [0.1, 0.15) is 17.5 Å². The van der Waals surface area contributed by atoms with E-state index in [-0.39, 0.29) is 44.8 Å². The normalized spacial score (nSPS) is 11.8. The van der Waals surface area contributed by atoms with Crippen molar-refractivity contribution in [3.63, 3.8) is 0 Å². The van der Waals surface area contributed by atoms with Crippen LogP contribution in [0.15, 0.2) is 60.7 Å². The molecule has 0 radical (unpaired) electrons. The van der Waals surface area contributed by atoms with Crippen LogP contribution in [0.2, 0.25) is 10.0 Å². The molecule has 0 saturated heterocycles. The first-order valence-corrected chi connectivity index (χ1v) is 12.9. The molecule has 1 aromatic heterocycles. The lowest BCUT2D eigenvalue weighted by atomic mass is 9.98. The monoisotopic (exact) mass is 582 g/mol. The SMILES string of the molecule is O=C(CCc1cccc(O)c1)c1cc(Cl)c(C(=O)C[C@H](NC(=O)c2[nH]c3ccccc3c2CO)C(=O)O)c(Cl)c1. The molecule has 3 aromatic carbocycles. The van der Waals surface area contributed by atoms with Crippen molar-refractivity contribution in [2.24, 2.45) is 0 Å². The number of nitrogens with one attached hydrogen (secondary N) is 2. The number of aliphatic carboxylic acids is 1. The molecule has 1 atom stereocenters. The van der Waals surface area contributed by atoms with Gasteiger partial charge in [0.15, 0.2) is 11.6 Å². The fourth-order valence-electron chi connectivity index (χ4n) is 4.39. The van der Waals surface area contributed by atoms with Gasteiger partial charge in [-0.05, 0) is 42.3 Å². The predicted octanol–water partition coefficient (Wildman–Crippen LogP) is 4.94. The van der Waals surface area contributed by atoms with Crippen molar-refractivity contribution in [3.8, 4) is 5.75 Å². The minimum absolute atomic E-state index is 0.0213. The zero-order chi connectivity index (χ0) is 29.0. The largest absolute Gasteiger partial charge is 0.508 e. The van der Waals surface area contributed by atoms with Gasteiger partial charge in [-0.1, -0.05) is 53.5 Å². The van der Waals surface area contributed by atoms with Gasteiger partial charge in [-0.15, -0.1) is 0 Å². The number of phenols is 1. The van der Waals surface area contributed by atoms with Crippen LogP contribution in [0, 0.1) is 0 Å². The lowest BCUT2D eigenvalue weighted by Crippen LogP contribution is -2.42. The maximum atomic E-state index is 13.1. The first kappa shape index (κ1) is 28.8. The summed E-state index contributed by atoms with van der Waals surface area (Å²) in [7, 11) is 0. The number of carboxylic acid groups (broad SMARTS) is 1. The molecule has 0 unspecified atom stereocenters. The van der Waals surface area contributed by atoms with Crippen molar-refractivity contribution < 1.29 is 34.5 Å². The van der Waals surface area contributed by atoms with Gasteiger partial charge in [0.2, 0.25) is 0 Å². The van der Waals surface area contributed by atoms with Crippen LogP contribution in [0.3, 0.4) is 0 Å². The molecule has 1 amide bonds. The highest BCUT2D eigenvalue weighted by Gasteiger charge is 2.29. The van der Waals surface area contributed by atoms with Crippen LogP contribution >= 0.6 is 23.2 Å². The Bertz CT molecular complexity index is 1610. The van der Waals surface area contributed by atoms with Crippen LogP contribution in [0.1, 0.15) is 55.2 Å². The van der Waals surface area contributed by atoms with Crippen molar-refractivity contribution in [3.05, 3.63) is 98.7 Å². The molecule has 40 heavy (non-hydrogen) atoms. The fraction of sp³-hybridized carbons (Fsp3) is 0.172. The molecule has 9 nitrogen and oxygen atoms in total. The minimum Gasteiger partial charge on any atom is -0.508 e. The zero-order valence-electron chi connectivity index (χ0n) is 20.9. The summed E-state index contributed by atoms with van der Waals surface area (Å²) in [6.07, 6.45) is -0.211. The average Bonchev–Trinajstić information content (AvgIpc) is 3.29. The molecule has 0 saturated carbocycles. The number of aromatic amines is 1. The standard InChI is InChI=1S/C29H24Cl2N2O7/c30-20-11-16(24(36)9-8-15-4-3-5-17(35)10-15)12-21(31)26(20)25(37)13-23(29(39)40)33-28(38)27-19(14-34)18-6-1-2-7-22(18)32-27/h1-7,10-12,23,32,34-35H,8-9,13-14H2,(H,33,38)(H,39,40)/t23-/m0/s1. The molecule has 206 valence electrons. The molecule has 0 spiro atoms. The molecule has 4 aromatic rings. The van der Waals surface area contributed by atoms with Crippen LogP contribution in [0.4, 0.5) is 0 Å². The number of aryl methyl sites for hydroxylation is 1. The van der Waals surface area contributed by atoms with Crippen molar-refractivity contribution in [1.29, 1.82) is 0 Å². The topological polar surface area (TPSA) is 157 Å². The number of carbonyl (C=O) groups is 4. The van der Waals surface area contributed by atoms with E-state index in [4.69, 9.17) is 23.2 Å². The number of carbonyl (C=O) groups excluding carboxylic acids is 3. The fourth-order valence-corrected chi connectivity index (χ4v) is 5.09. The van der Waals surface area contributed by atoms with Crippen LogP contribution in [-0.4, -0.2) is 49.8 Å². The van der Waals surface area contributed by atoms with Gasteiger partial charge >= 0.3 is 5.97 Å². The summed E-state index contributed by atoms with van der Waals surface area (Å²) >= 11 is 12.6. The van der Waals surface area contributed by atoms with Crippen molar-refractivity contribution in [2.75, 3.05) is 0 Å². The molecule has 0 fully saturated rings. The lowest BCUT2D eigenvalue weighted by molar-refractivity contribution is -0.139. The van der Waals surface area contributed by atoms with Gasteiger partial charge in [-0.2, -0.15) is 0 Å². The van der Waals surface area contributed by atoms with Crippen molar-refractivity contribution in [1.82, 2.24) is 10.3 Å². The van der Waals surface area contributed by atoms with Gasteiger partial charge in [0, 0.05) is 34.9 Å². The molecular formula is C29H24Cl2N2O7. The average molecular weight is 583 g/mol. The predicted molar refractivity (Wildman–Crippen MR) is 149 cm³/mol. The van der Waals surface area contributed by atoms with E-state index < -0.39 is 36.7 Å². The van der Waals surface area contributed by atoms with E-state index in [0.717, 1.165) is 5.56 Å². The first-order chi connectivity index (χ1) is 19.1. The maximum Gasteiger partial charge on any atom is 0.326 e. The highest BCUT2D eigenvalue weighted by molar-refractivity contribution is 6.40. The maximum absolute atomic E-state index is 13.1. The third-order valence-electron chi connectivity index (χ3n) is 6.39. The highest BCUT2D eigenvalue weighted by atomic mass is 35.5. The first-order valence-electron chi connectivity index (χ1n) is 12.2. The summed E-state index contributed by atoms with van der Waals surface area (Å²) in [5.41, 5.74) is 1.61. The Morgan fingerprint density at radius 1 is 0.925 bits per heavy atom. The van der Waals surface area contributed by atoms with E-state index in [1.807, 2.05) is 0 Å². The number of aromatic hydroxyl groups is 1. The van der Waals surface area contributed by atoms with Gasteiger partial charge in [-0.25, -0.2) is 4.79 Å². The Hall–Kier alpha value is -4.18. The van der Waals surface area contributed by atoms with Gasteiger partial charge in [0.05, 0.1) is 22.2 Å². The number of hydrogen-bond donors (Lipinski definition) is 5. The number of fused-ring (bicyclic) bond motifs is 1. The number of H-pyrrole nitrogens is 1. The van der Waals surface area contributed by atoms with Gasteiger partial charge in [0.25, 0.3) is 5.91 Å². The molecule has 0 aliphatic rings. The highest BCUT2D eigenvalue weighted by Crippen LogP contribution is 2.29. The Labute approximate surface area is 238 Å². The number of hydrogen-bond acceptors (Lipinski definition) is 6. The summed E-state index contributed by atoms with van der Waals surface area (Å²) in [6, 6.07) is 14.3. The summed E-state index contributed by atoms with van der Waals surface area (Å²) < 4.78 is 0. The Morgan fingerprint density at radius 3 is 2.27 bits per heavy atom. The van der Waals surface area contributed by atoms with Gasteiger partial charge < -0.3 is 25.6 Å². The second-order valence-corrected chi connectivity index (χ2v) is 9.90. The second kappa shape index (κ2) is 12.3. The molecule has 1 heterocycles. The molecule has 4 rings (SSSR count). The Kier molecular flexibility index (Phi) is 8.89. The number of aromatic nitrogens is 1. The van der Waals surface area contributed by atoms with E-state index in [9.17, 15) is 34.5 Å². The van der Waals surface area contributed by atoms with Crippen LogP contribution < -0.4 is 5.32 Å². The molecular weight excluding hydrogens is 559 g/mol. The summed E-state index contributed by atoms with van der Waals surface area (Å²) in [5, 5.41) is 31.7. The van der Waals surface area contributed by atoms with Crippen LogP contribution in [-0.2, 0) is 17.8 Å². The van der Waals surface area contributed by atoms with Crippen LogP contribution in [0.25, 0.3) is 10.9 Å².